The Morgan fingerprint density at radius 1 is 1.23 bits per heavy atom. The number of rotatable bonds is 6. The van der Waals surface area contributed by atoms with Crippen molar-refractivity contribution in [1.82, 2.24) is 0 Å². The van der Waals surface area contributed by atoms with Gasteiger partial charge in [0.05, 0.1) is 0 Å². The minimum atomic E-state index is -0.646. The Labute approximate surface area is 112 Å². The average Bonchev–Trinajstić information content (AvgIpc) is 1.96. The summed E-state index contributed by atoms with van der Waals surface area (Å²) < 4.78 is 5.50. The van der Waals surface area contributed by atoms with Crippen LogP contribution >= 0.6 is 17.5 Å². The summed E-state index contributed by atoms with van der Waals surface area (Å²) in [5.41, 5.74) is 0. The summed E-state index contributed by atoms with van der Waals surface area (Å²) in [4.78, 5) is 0. The van der Waals surface area contributed by atoms with Gasteiger partial charge in [-0.2, -0.15) is 4.52 Å². The van der Waals surface area contributed by atoms with Gasteiger partial charge in [-0.25, -0.2) is 0 Å². The molecule has 0 aromatic heterocycles. The van der Waals surface area contributed by atoms with Crippen LogP contribution in [0.1, 0.15) is 27.7 Å². The van der Waals surface area contributed by atoms with Crippen LogP contribution in [0.3, 0.4) is 0 Å². The second kappa shape index (κ2) is 10.3. The van der Waals surface area contributed by atoms with Crippen molar-refractivity contribution in [3.63, 3.8) is 0 Å². The molecular weight excluding hydrogens is 320 g/mol. The molecule has 1 nitrogen and oxygen atoms in total. The monoisotopic (exact) mass is 339 g/mol. The van der Waals surface area contributed by atoms with E-state index in [9.17, 15) is 0 Å². The topological polar surface area (TPSA) is 9.23 Å². The predicted octanol–water partition coefficient (Wildman–Crippen LogP) is 3.82. The molecule has 0 aliphatic heterocycles. The molecule has 0 N–H and O–H groups in total. The molecule has 0 fully saturated rings. The minimum absolute atomic E-state index is 0. The predicted molar refractivity (Wildman–Crippen MR) is 62.4 cm³/mol. The van der Waals surface area contributed by atoms with Gasteiger partial charge in [0.2, 0.25) is 11.8 Å². The standard InChI is InChI=1S/C8H18OPS2.Cd/c1-7(2)5-9-10(11)12-6-8(3)4;/h7-8H,5-6H2,1-4H3;/q+1;. The van der Waals surface area contributed by atoms with Gasteiger partial charge in [0.15, 0.2) is 0 Å². The first kappa shape index (κ1) is 17.2. The van der Waals surface area contributed by atoms with Crippen molar-refractivity contribution in [1.29, 1.82) is 0 Å². The Morgan fingerprint density at radius 3 is 2.15 bits per heavy atom. The van der Waals surface area contributed by atoms with E-state index in [0.29, 0.717) is 11.8 Å². The van der Waals surface area contributed by atoms with Crippen LogP contribution in [-0.2, 0) is 43.6 Å². The SMILES string of the molecule is CC(C)CO[P+](=S)SCC(C)C.[Cd]. The molecule has 74 valence electrons. The Kier molecular flexibility index (Phi) is 13.6. The molecule has 5 heteroatoms. The molecule has 0 aliphatic rings. The van der Waals surface area contributed by atoms with Gasteiger partial charge in [0, 0.05) is 33.1 Å². The third kappa shape index (κ3) is 13.8. The van der Waals surface area contributed by atoms with Gasteiger partial charge in [-0.3, -0.25) is 0 Å². The first-order valence-electron chi connectivity index (χ1n) is 4.25. The molecule has 0 bridgehead atoms. The van der Waals surface area contributed by atoms with Gasteiger partial charge in [-0.05, 0) is 11.8 Å². The van der Waals surface area contributed by atoms with Crippen LogP contribution in [-0.4, -0.2) is 12.4 Å². The van der Waals surface area contributed by atoms with Crippen molar-refractivity contribution >= 4 is 29.3 Å². The fourth-order valence-corrected chi connectivity index (χ4v) is 3.77. The maximum absolute atomic E-state index is 5.50. The largest absolute Gasteiger partial charge is 0.414 e. The Balaban J connectivity index is 0. The molecule has 1 atom stereocenters. The number of hydrogen-bond donors (Lipinski definition) is 0. The van der Waals surface area contributed by atoms with Gasteiger partial charge in [-0.15, -0.1) is 0 Å². The van der Waals surface area contributed by atoms with E-state index in [1.807, 2.05) is 0 Å². The molecule has 0 saturated carbocycles. The van der Waals surface area contributed by atoms with E-state index < -0.39 is 6.13 Å². The van der Waals surface area contributed by atoms with Crippen LogP contribution in [0.5, 0.6) is 0 Å². The maximum Gasteiger partial charge on any atom is 0.414 e. The minimum Gasteiger partial charge on any atom is -0.158 e. The summed E-state index contributed by atoms with van der Waals surface area (Å²) in [6.07, 6.45) is -0.646. The molecule has 0 amide bonds. The van der Waals surface area contributed by atoms with Gasteiger partial charge in [-0.1, -0.05) is 27.7 Å². The van der Waals surface area contributed by atoms with Crippen molar-refractivity contribution in [2.24, 2.45) is 11.8 Å². The van der Waals surface area contributed by atoms with Crippen molar-refractivity contribution in [3.05, 3.63) is 0 Å². The van der Waals surface area contributed by atoms with E-state index in [0.717, 1.165) is 12.4 Å². The molecule has 1 unspecified atom stereocenters. The molecule has 0 aromatic carbocycles. The van der Waals surface area contributed by atoms with Crippen molar-refractivity contribution < 1.29 is 31.8 Å². The first-order valence-corrected chi connectivity index (χ1v) is 8.11. The molecule has 0 aromatic rings. The third-order valence-electron chi connectivity index (χ3n) is 1.03. The average molecular weight is 338 g/mol. The fraction of sp³-hybridized carbons (Fsp3) is 1.00. The van der Waals surface area contributed by atoms with Crippen LogP contribution in [0.4, 0.5) is 0 Å². The van der Waals surface area contributed by atoms with Crippen LogP contribution < -0.4 is 0 Å². The zero-order valence-electron chi connectivity index (χ0n) is 8.95. The summed E-state index contributed by atoms with van der Waals surface area (Å²) in [6.45, 7) is 9.50. The molecular formula is C8H18CdOPS2+. The van der Waals surface area contributed by atoms with Gasteiger partial charge >= 0.3 is 6.13 Å². The molecule has 0 aliphatic carbocycles. The van der Waals surface area contributed by atoms with Crippen LogP contribution in [0, 0.1) is 11.8 Å². The van der Waals surface area contributed by atoms with E-state index in [-0.39, 0.29) is 27.3 Å². The van der Waals surface area contributed by atoms with Crippen LogP contribution in [0.15, 0.2) is 0 Å². The first-order chi connectivity index (χ1) is 5.52. The second-order valence-corrected chi connectivity index (χ2v) is 8.36. The zero-order valence-corrected chi connectivity index (χ0v) is 15.5. The summed E-state index contributed by atoms with van der Waals surface area (Å²) in [5.74, 6) is 2.43. The zero-order chi connectivity index (χ0) is 9.56. The van der Waals surface area contributed by atoms with Crippen molar-refractivity contribution in [3.8, 4) is 0 Å². The van der Waals surface area contributed by atoms with Gasteiger partial charge in [0.1, 0.15) is 18.0 Å². The Bertz CT molecular complexity index is 128. The van der Waals surface area contributed by atoms with Crippen LogP contribution in [0.25, 0.3) is 0 Å². The normalized spacial score (nSPS) is 11.7. The Morgan fingerprint density at radius 2 is 1.77 bits per heavy atom. The van der Waals surface area contributed by atoms with Gasteiger partial charge < -0.3 is 0 Å². The molecule has 0 spiro atoms. The molecule has 0 heterocycles. The van der Waals surface area contributed by atoms with E-state index in [1.165, 1.54) is 0 Å². The molecule has 0 rings (SSSR count). The number of hydrogen-bond acceptors (Lipinski definition) is 3. The molecule has 0 saturated heterocycles. The van der Waals surface area contributed by atoms with E-state index in [1.54, 1.807) is 11.4 Å². The van der Waals surface area contributed by atoms with Crippen molar-refractivity contribution in [2.45, 2.75) is 27.7 Å². The van der Waals surface area contributed by atoms with Crippen molar-refractivity contribution in [2.75, 3.05) is 12.4 Å². The van der Waals surface area contributed by atoms with Gasteiger partial charge in [0.25, 0.3) is 0 Å². The molecule has 13 heavy (non-hydrogen) atoms. The Hall–Kier alpha value is 1.75. The molecule has 0 radical (unpaired) electrons. The third-order valence-corrected chi connectivity index (χ3v) is 5.07. The second-order valence-electron chi connectivity index (χ2n) is 3.60. The summed E-state index contributed by atoms with van der Waals surface area (Å²) in [5, 5.41) is 0. The van der Waals surface area contributed by atoms with E-state index in [2.05, 4.69) is 27.7 Å². The van der Waals surface area contributed by atoms with E-state index >= 15 is 0 Å². The van der Waals surface area contributed by atoms with Crippen LogP contribution in [0.2, 0.25) is 0 Å². The fourth-order valence-electron chi connectivity index (χ4n) is 0.457. The van der Waals surface area contributed by atoms with E-state index in [4.69, 9.17) is 16.3 Å². The summed E-state index contributed by atoms with van der Waals surface area (Å²) in [6, 6.07) is 0. The quantitative estimate of drug-likeness (QED) is 0.538. The smallest absolute Gasteiger partial charge is 0.158 e. The summed E-state index contributed by atoms with van der Waals surface area (Å²) in [7, 11) is 0. The summed E-state index contributed by atoms with van der Waals surface area (Å²) >= 11 is 6.96. The maximum atomic E-state index is 5.50.